The van der Waals surface area contributed by atoms with Gasteiger partial charge in [-0.25, -0.2) is 0 Å². The largest absolute Gasteiger partial charge is 0.352 e. The second-order valence-electron chi connectivity index (χ2n) is 6.76. The van der Waals surface area contributed by atoms with Crippen LogP contribution in [-0.4, -0.2) is 42.5 Å². The van der Waals surface area contributed by atoms with Gasteiger partial charge in [-0.2, -0.15) is 0 Å². The zero-order chi connectivity index (χ0) is 13.2. The van der Waals surface area contributed by atoms with Gasteiger partial charge in [0, 0.05) is 25.2 Å². The summed E-state index contributed by atoms with van der Waals surface area (Å²) in [6.45, 7) is 2.69. The third-order valence-electron chi connectivity index (χ3n) is 5.32. The van der Waals surface area contributed by atoms with Crippen LogP contribution in [0.25, 0.3) is 0 Å². The zero-order valence-corrected chi connectivity index (χ0v) is 11.8. The van der Waals surface area contributed by atoms with Crippen LogP contribution < -0.4 is 11.1 Å². The minimum absolute atomic E-state index is 0.221. The predicted molar refractivity (Wildman–Crippen MR) is 75.6 cm³/mol. The van der Waals surface area contributed by atoms with Crippen molar-refractivity contribution < 1.29 is 4.79 Å². The summed E-state index contributed by atoms with van der Waals surface area (Å²) >= 11 is 0. The zero-order valence-electron chi connectivity index (χ0n) is 11.8. The number of nitrogens with zero attached hydrogens (tertiary/aromatic N) is 1. The van der Waals surface area contributed by atoms with E-state index >= 15 is 0 Å². The number of nitrogens with two attached hydrogens (primary N) is 1. The molecule has 3 rings (SSSR count). The number of rotatable bonds is 3. The first-order chi connectivity index (χ1) is 9.22. The summed E-state index contributed by atoms with van der Waals surface area (Å²) < 4.78 is 0. The molecular formula is C15H27N3O. The van der Waals surface area contributed by atoms with E-state index in [1.165, 1.54) is 44.9 Å². The molecule has 3 fully saturated rings. The van der Waals surface area contributed by atoms with Crippen LogP contribution in [0.1, 0.15) is 44.9 Å². The van der Waals surface area contributed by atoms with Gasteiger partial charge in [0.25, 0.3) is 0 Å². The highest BCUT2D eigenvalue weighted by molar-refractivity contribution is 5.78. The molecule has 0 bridgehead atoms. The molecule has 3 N–H and O–H groups in total. The highest BCUT2D eigenvalue weighted by Gasteiger charge is 2.39. The minimum atomic E-state index is 0.221. The molecule has 0 radical (unpaired) electrons. The maximum absolute atomic E-state index is 12.1. The molecule has 3 aliphatic rings. The molecule has 108 valence electrons. The first kappa shape index (κ1) is 13.4. The van der Waals surface area contributed by atoms with Gasteiger partial charge >= 0.3 is 0 Å². The second-order valence-corrected chi connectivity index (χ2v) is 6.76. The lowest BCUT2D eigenvalue weighted by Crippen LogP contribution is -2.41. The van der Waals surface area contributed by atoms with Crippen LogP contribution in [0.15, 0.2) is 0 Å². The number of likely N-dealkylation sites (tertiary alicyclic amines) is 1. The van der Waals surface area contributed by atoms with Crippen molar-refractivity contribution in [2.24, 2.45) is 17.6 Å². The number of carbonyl (C=O) groups is 1. The molecule has 0 aromatic carbocycles. The Morgan fingerprint density at radius 1 is 1.11 bits per heavy atom. The first-order valence-corrected chi connectivity index (χ1v) is 7.99. The van der Waals surface area contributed by atoms with Crippen LogP contribution >= 0.6 is 0 Å². The third-order valence-corrected chi connectivity index (χ3v) is 5.32. The van der Waals surface area contributed by atoms with E-state index in [0.29, 0.717) is 24.5 Å². The molecule has 3 unspecified atom stereocenters. The third kappa shape index (κ3) is 3.11. The summed E-state index contributed by atoms with van der Waals surface area (Å²) in [6.07, 6.45) is 8.62. The van der Waals surface area contributed by atoms with Gasteiger partial charge in [-0.1, -0.05) is 19.3 Å². The smallest absolute Gasteiger partial charge is 0.234 e. The van der Waals surface area contributed by atoms with E-state index in [9.17, 15) is 4.79 Å². The summed E-state index contributed by atoms with van der Waals surface area (Å²) in [5, 5.41) is 3.19. The lowest BCUT2D eigenvalue weighted by molar-refractivity contribution is -0.122. The standard InChI is InChI=1S/C15H27N3O/c16-14-7-3-4-11-8-18(9-13(11)14)10-15(19)17-12-5-1-2-6-12/h11-14H,1-10,16H2,(H,17,19). The number of fused-ring (bicyclic) bond motifs is 1. The number of amides is 1. The van der Waals surface area contributed by atoms with Gasteiger partial charge in [-0.3, -0.25) is 9.69 Å². The van der Waals surface area contributed by atoms with Gasteiger partial charge in [0.2, 0.25) is 5.91 Å². The Kier molecular flexibility index (Phi) is 4.08. The minimum Gasteiger partial charge on any atom is -0.352 e. The molecule has 4 nitrogen and oxygen atoms in total. The van der Waals surface area contributed by atoms with Crippen LogP contribution in [0, 0.1) is 11.8 Å². The number of carbonyl (C=O) groups excluding carboxylic acids is 1. The van der Waals surface area contributed by atoms with Gasteiger partial charge in [0.1, 0.15) is 0 Å². The van der Waals surface area contributed by atoms with Crippen LogP contribution in [0.4, 0.5) is 0 Å². The van der Waals surface area contributed by atoms with Crippen molar-refractivity contribution in [3.8, 4) is 0 Å². The fourth-order valence-electron chi connectivity index (χ4n) is 4.28. The van der Waals surface area contributed by atoms with E-state index in [1.807, 2.05) is 0 Å². The van der Waals surface area contributed by atoms with Gasteiger partial charge in [-0.15, -0.1) is 0 Å². The van der Waals surface area contributed by atoms with Gasteiger partial charge in [0.05, 0.1) is 6.54 Å². The first-order valence-electron chi connectivity index (χ1n) is 7.99. The summed E-state index contributed by atoms with van der Waals surface area (Å²) in [5.74, 6) is 1.59. The number of nitrogens with one attached hydrogen (secondary N) is 1. The van der Waals surface area contributed by atoms with Crippen molar-refractivity contribution in [2.45, 2.75) is 57.0 Å². The van der Waals surface area contributed by atoms with E-state index in [-0.39, 0.29) is 5.91 Å². The molecule has 2 aliphatic carbocycles. The SMILES string of the molecule is NC1CCCC2CN(CC(=O)NC3CCCC3)CC12. The van der Waals surface area contributed by atoms with Crippen molar-refractivity contribution in [1.29, 1.82) is 0 Å². The summed E-state index contributed by atoms with van der Waals surface area (Å²) in [5.41, 5.74) is 6.22. The van der Waals surface area contributed by atoms with Gasteiger partial charge in [0.15, 0.2) is 0 Å². The Morgan fingerprint density at radius 3 is 2.63 bits per heavy atom. The van der Waals surface area contributed by atoms with E-state index in [2.05, 4.69) is 10.2 Å². The summed E-state index contributed by atoms with van der Waals surface area (Å²) in [7, 11) is 0. The highest BCUT2D eigenvalue weighted by Crippen LogP contribution is 2.35. The fraction of sp³-hybridized carbons (Fsp3) is 0.933. The topological polar surface area (TPSA) is 58.4 Å². The summed E-state index contributed by atoms with van der Waals surface area (Å²) in [4.78, 5) is 14.4. The lowest BCUT2D eigenvalue weighted by atomic mass is 9.78. The molecule has 0 spiro atoms. The molecule has 2 saturated carbocycles. The fourth-order valence-corrected chi connectivity index (χ4v) is 4.28. The van der Waals surface area contributed by atoms with E-state index in [1.54, 1.807) is 0 Å². The molecule has 3 atom stereocenters. The van der Waals surface area contributed by atoms with Crippen LogP contribution in [-0.2, 0) is 4.79 Å². The summed E-state index contributed by atoms with van der Waals surface area (Å²) in [6, 6.07) is 0.807. The van der Waals surface area contributed by atoms with Crippen molar-refractivity contribution >= 4 is 5.91 Å². The Bertz CT molecular complexity index is 327. The molecule has 1 saturated heterocycles. The van der Waals surface area contributed by atoms with Crippen molar-refractivity contribution in [3.05, 3.63) is 0 Å². The second kappa shape index (κ2) is 5.80. The molecule has 1 aliphatic heterocycles. The average molecular weight is 265 g/mol. The maximum atomic E-state index is 12.1. The van der Waals surface area contributed by atoms with Gasteiger partial charge < -0.3 is 11.1 Å². The molecule has 4 heteroatoms. The van der Waals surface area contributed by atoms with E-state index < -0.39 is 0 Å². The van der Waals surface area contributed by atoms with Crippen LogP contribution in [0.5, 0.6) is 0 Å². The van der Waals surface area contributed by atoms with Crippen molar-refractivity contribution in [3.63, 3.8) is 0 Å². The molecule has 1 amide bonds. The molecule has 1 heterocycles. The molecule has 19 heavy (non-hydrogen) atoms. The Hall–Kier alpha value is -0.610. The van der Waals surface area contributed by atoms with Crippen molar-refractivity contribution in [1.82, 2.24) is 10.2 Å². The number of hydrogen-bond acceptors (Lipinski definition) is 3. The lowest BCUT2D eigenvalue weighted by Gasteiger charge is -2.29. The average Bonchev–Trinajstić information content (AvgIpc) is 2.98. The Balaban J connectivity index is 1.46. The predicted octanol–water partition coefficient (Wildman–Crippen LogP) is 1.10. The van der Waals surface area contributed by atoms with Crippen molar-refractivity contribution in [2.75, 3.05) is 19.6 Å². The highest BCUT2D eigenvalue weighted by atomic mass is 16.2. The molecule has 0 aromatic heterocycles. The quantitative estimate of drug-likeness (QED) is 0.803. The molecule has 0 aromatic rings. The monoisotopic (exact) mass is 265 g/mol. The normalized spacial score (nSPS) is 36.4. The number of hydrogen-bond donors (Lipinski definition) is 2. The molecular weight excluding hydrogens is 238 g/mol. The van der Waals surface area contributed by atoms with E-state index in [4.69, 9.17) is 5.73 Å². The Morgan fingerprint density at radius 2 is 1.89 bits per heavy atom. The van der Waals surface area contributed by atoms with Crippen LogP contribution in [0.3, 0.4) is 0 Å². The maximum Gasteiger partial charge on any atom is 0.234 e. The van der Waals surface area contributed by atoms with E-state index in [0.717, 1.165) is 19.0 Å². The Labute approximate surface area is 116 Å². The van der Waals surface area contributed by atoms with Crippen LogP contribution in [0.2, 0.25) is 0 Å². The van der Waals surface area contributed by atoms with Gasteiger partial charge in [-0.05, 0) is 37.5 Å².